The van der Waals surface area contributed by atoms with Gasteiger partial charge in [0.05, 0.1) is 0 Å². The standard InChI is InChI=1S/C10H17NO2/c1-10(2,3)13-9(12)7-5-4-6-8-11/h4,6,8,11H2,1-3H3. The van der Waals surface area contributed by atoms with Gasteiger partial charge in [0, 0.05) is 12.3 Å². The lowest BCUT2D eigenvalue weighted by Crippen LogP contribution is -2.22. The van der Waals surface area contributed by atoms with Gasteiger partial charge in [-0.2, -0.15) is 0 Å². The first-order valence-electron chi connectivity index (χ1n) is 4.37. The molecule has 2 N–H and O–H groups in total. The van der Waals surface area contributed by atoms with E-state index in [1.807, 2.05) is 20.8 Å². The molecule has 0 aromatic carbocycles. The van der Waals surface area contributed by atoms with Crippen LogP contribution in [0.15, 0.2) is 0 Å². The van der Waals surface area contributed by atoms with Gasteiger partial charge in [-0.25, -0.2) is 4.79 Å². The lowest BCUT2D eigenvalue weighted by atomic mass is 10.2. The van der Waals surface area contributed by atoms with Gasteiger partial charge < -0.3 is 10.5 Å². The van der Waals surface area contributed by atoms with Crippen molar-refractivity contribution in [2.24, 2.45) is 5.73 Å². The highest BCUT2D eigenvalue weighted by atomic mass is 16.6. The van der Waals surface area contributed by atoms with Gasteiger partial charge >= 0.3 is 5.97 Å². The average molecular weight is 183 g/mol. The molecule has 0 amide bonds. The minimum Gasteiger partial charge on any atom is -0.450 e. The van der Waals surface area contributed by atoms with E-state index in [4.69, 9.17) is 10.5 Å². The highest BCUT2D eigenvalue weighted by Crippen LogP contribution is 2.05. The van der Waals surface area contributed by atoms with E-state index < -0.39 is 11.6 Å². The van der Waals surface area contributed by atoms with Gasteiger partial charge in [0.25, 0.3) is 0 Å². The molecule has 74 valence electrons. The van der Waals surface area contributed by atoms with Crippen LogP contribution in [0.4, 0.5) is 0 Å². The SMILES string of the molecule is CC(C)(C)OC(=O)C#CCCCN. The van der Waals surface area contributed by atoms with Crippen LogP contribution in [0.5, 0.6) is 0 Å². The van der Waals surface area contributed by atoms with Crippen molar-refractivity contribution in [3.63, 3.8) is 0 Å². The van der Waals surface area contributed by atoms with Gasteiger partial charge in [0.15, 0.2) is 0 Å². The van der Waals surface area contributed by atoms with Crippen LogP contribution >= 0.6 is 0 Å². The van der Waals surface area contributed by atoms with E-state index in [0.29, 0.717) is 13.0 Å². The number of esters is 1. The van der Waals surface area contributed by atoms with Crippen LogP contribution in [0.25, 0.3) is 0 Å². The van der Waals surface area contributed by atoms with Gasteiger partial charge in [0.1, 0.15) is 5.60 Å². The first kappa shape index (κ1) is 12.0. The molecule has 0 bridgehead atoms. The van der Waals surface area contributed by atoms with Crippen LogP contribution < -0.4 is 5.73 Å². The zero-order valence-corrected chi connectivity index (χ0v) is 8.52. The monoisotopic (exact) mass is 183 g/mol. The van der Waals surface area contributed by atoms with E-state index in [0.717, 1.165) is 6.42 Å². The van der Waals surface area contributed by atoms with Crippen molar-refractivity contribution in [1.82, 2.24) is 0 Å². The Bertz CT molecular complexity index is 217. The fraction of sp³-hybridized carbons (Fsp3) is 0.700. The Hall–Kier alpha value is -1.01. The van der Waals surface area contributed by atoms with Gasteiger partial charge in [-0.3, -0.25) is 0 Å². The Kier molecular flexibility index (Phi) is 5.17. The number of ether oxygens (including phenoxy) is 1. The molecule has 0 fully saturated rings. The zero-order valence-electron chi connectivity index (χ0n) is 8.52. The number of hydrogen-bond acceptors (Lipinski definition) is 3. The lowest BCUT2D eigenvalue weighted by molar-refractivity contribution is -0.147. The molecule has 0 spiro atoms. The molecule has 0 aliphatic carbocycles. The molecule has 0 aliphatic heterocycles. The van der Waals surface area contributed by atoms with Crippen molar-refractivity contribution in [3.05, 3.63) is 0 Å². The maximum absolute atomic E-state index is 11.0. The normalized spacial score (nSPS) is 10.2. The van der Waals surface area contributed by atoms with Gasteiger partial charge in [-0.1, -0.05) is 5.92 Å². The predicted octanol–water partition coefficient (Wildman–Crippen LogP) is 1.07. The Labute approximate surface area is 79.6 Å². The number of nitrogens with two attached hydrogens (primary N) is 1. The Morgan fingerprint density at radius 1 is 1.46 bits per heavy atom. The van der Waals surface area contributed by atoms with Crippen molar-refractivity contribution in [3.8, 4) is 11.8 Å². The molecule has 13 heavy (non-hydrogen) atoms. The second-order valence-corrected chi connectivity index (χ2v) is 3.70. The van der Waals surface area contributed by atoms with Crippen molar-refractivity contribution in [2.75, 3.05) is 6.54 Å². The number of carbonyl (C=O) groups is 1. The van der Waals surface area contributed by atoms with Crippen LogP contribution in [0.1, 0.15) is 33.6 Å². The molecule has 0 saturated carbocycles. The van der Waals surface area contributed by atoms with Crippen LogP contribution in [0, 0.1) is 11.8 Å². The summed E-state index contributed by atoms with van der Waals surface area (Å²) in [5.74, 6) is 4.64. The molecule has 0 unspecified atom stereocenters. The second kappa shape index (κ2) is 5.60. The third-order valence-corrected chi connectivity index (χ3v) is 1.10. The summed E-state index contributed by atoms with van der Waals surface area (Å²) in [4.78, 5) is 11.0. The van der Waals surface area contributed by atoms with Crippen LogP contribution in [-0.4, -0.2) is 18.1 Å². The van der Waals surface area contributed by atoms with E-state index in [9.17, 15) is 4.79 Å². The minimum absolute atomic E-state index is 0.459. The largest absolute Gasteiger partial charge is 0.450 e. The molecular formula is C10H17NO2. The molecule has 0 aromatic rings. The highest BCUT2D eigenvalue weighted by molar-refractivity contribution is 5.88. The summed E-state index contributed by atoms with van der Waals surface area (Å²) in [5.41, 5.74) is 4.80. The predicted molar refractivity (Wildman–Crippen MR) is 51.9 cm³/mol. The molecule has 3 heteroatoms. The molecular weight excluding hydrogens is 166 g/mol. The number of unbranched alkanes of at least 4 members (excludes halogenated alkanes) is 1. The first-order chi connectivity index (χ1) is 5.95. The van der Waals surface area contributed by atoms with Crippen LogP contribution in [-0.2, 0) is 9.53 Å². The molecule has 0 rings (SSSR count). The average Bonchev–Trinajstić information content (AvgIpc) is 1.94. The Morgan fingerprint density at radius 3 is 2.54 bits per heavy atom. The second-order valence-electron chi connectivity index (χ2n) is 3.70. The fourth-order valence-electron chi connectivity index (χ4n) is 0.629. The zero-order chi connectivity index (χ0) is 10.3. The van der Waals surface area contributed by atoms with E-state index in [1.165, 1.54) is 0 Å². The van der Waals surface area contributed by atoms with Crippen molar-refractivity contribution < 1.29 is 9.53 Å². The molecule has 3 nitrogen and oxygen atoms in total. The van der Waals surface area contributed by atoms with Gasteiger partial charge in [-0.15, -0.1) is 0 Å². The van der Waals surface area contributed by atoms with Crippen LogP contribution in [0.2, 0.25) is 0 Å². The summed E-state index contributed by atoms with van der Waals surface area (Å²) in [6.07, 6.45) is 1.46. The molecule has 0 aliphatic rings. The maximum atomic E-state index is 11.0. The topological polar surface area (TPSA) is 52.3 Å². The fourth-order valence-corrected chi connectivity index (χ4v) is 0.629. The molecule has 0 aromatic heterocycles. The summed E-state index contributed by atoms with van der Waals surface area (Å²) in [5, 5.41) is 0. The molecule has 0 atom stereocenters. The quantitative estimate of drug-likeness (QED) is 0.301. The molecule has 0 heterocycles. The Morgan fingerprint density at radius 2 is 2.08 bits per heavy atom. The van der Waals surface area contributed by atoms with Gasteiger partial charge in [0.2, 0.25) is 0 Å². The summed E-state index contributed by atoms with van der Waals surface area (Å²) in [7, 11) is 0. The van der Waals surface area contributed by atoms with E-state index in [1.54, 1.807) is 0 Å². The summed E-state index contributed by atoms with van der Waals surface area (Å²) >= 11 is 0. The number of hydrogen-bond donors (Lipinski definition) is 1. The summed E-state index contributed by atoms with van der Waals surface area (Å²) < 4.78 is 4.97. The Balaban J connectivity index is 3.78. The summed E-state index contributed by atoms with van der Waals surface area (Å²) in [6, 6.07) is 0. The van der Waals surface area contributed by atoms with Crippen molar-refractivity contribution in [1.29, 1.82) is 0 Å². The third kappa shape index (κ3) is 8.90. The smallest absolute Gasteiger partial charge is 0.384 e. The maximum Gasteiger partial charge on any atom is 0.384 e. The van der Waals surface area contributed by atoms with Gasteiger partial charge in [-0.05, 0) is 33.7 Å². The minimum atomic E-state index is -0.468. The lowest BCUT2D eigenvalue weighted by Gasteiger charge is -2.16. The number of carbonyl (C=O) groups excluding carboxylic acids is 1. The first-order valence-corrected chi connectivity index (χ1v) is 4.37. The summed E-state index contributed by atoms with van der Waals surface area (Å²) in [6.45, 7) is 6.04. The van der Waals surface area contributed by atoms with Crippen molar-refractivity contribution >= 4 is 5.97 Å². The van der Waals surface area contributed by atoms with Crippen LogP contribution in [0.3, 0.4) is 0 Å². The molecule has 0 radical (unpaired) electrons. The van der Waals surface area contributed by atoms with E-state index in [-0.39, 0.29) is 0 Å². The van der Waals surface area contributed by atoms with E-state index in [2.05, 4.69) is 11.8 Å². The van der Waals surface area contributed by atoms with Crippen molar-refractivity contribution in [2.45, 2.75) is 39.2 Å². The number of rotatable bonds is 2. The highest BCUT2D eigenvalue weighted by Gasteiger charge is 2.13. The molecule has 0 saturated heterocycles. The van der Waals surface area contributed by atoms with E-state index >= 15 is 0 Å². The third-order valence-electron chi connectivity index (χ3n) is 1.10.